The van der Waals surface area contributed by atoms with Crippen molar-refractivity contribution in [2.24, 2.45) is 0 Å². The minimum Gasteiger partial charge on any atom is -0.497 e. The molecule has 0 radical (unpaired) electrons. The first-order chi connectivity index (χ1) is 13.4. The number of carbonyl (C=O) groups excluding carboxylic acids is 2. The smallest absolute Gasteiger partial charge is 0.387 e. The number of anilines is 1. The summed E-state index contributed by atoms with van der Waals surface area (Å²) in [4.78, 5) is 24.2. The van der Waals surface area contributed by atoms with Crippen molar-refractivity contribution in [1.82, 2.24) is 0 Å². The molecule has 1 N–H and O–H groups in total. The van der Waals surface area contributed by atoms with Crippen LogP contribution < -0.4 is 14.8 Å². The predicted octanol–water partition coefficient (Wildman–Crippen LogP) is 3.80. The van der Waals surface area contributed by atoms with Crippen molar-refractivity contribution in [3.63, 3.8) is 0 Å². The van der Waals surface area contributed by atoms with Crippen LogP contribution in [-0.4, -0.2) is 31.7 Å². The van der Waals surface area contributed by atoms with Gasteiger partial charge in [0.1, 0.15) is 11.5 Å². The second-order valence-electron chi connectivity index (χ2n) is 5.84. The topological polar surface area (TPSA) is 73.9 Å². The zero-order valence-corrected chi connectivity index (χ0v) is 15.5. The number of ether oxygens (including phenoxy) is 3. The maximum Gasteiger partial charge on any atom is 0.387 e. The van der Waals surface area contributed by atoms with Crippen LogP contribution in [0.5, 0.6) is 11.5 Å². The quantitative estimate of drug-likeness (QED) is 0.656. The molecule has 0 fully saturated rings. The van der Waals surface area contributed by atoms with E-state index in [2.05, 4.69) is 10.1 Å². The van der Waals surface area contributed by atoms with Crippen LogP contribution in [0.15, 0.2) is 48.5 Å². The number of amides is 1. The Morgan fingerprint density at radius 3 is 2.39 bits per heavy atom. The Morgan fingerprint density at radius 1 is 1.07 bits per heavy atom. The van der Waals surface area contributed by atoms with E-state index in [1.54, 1.807) is 25.3 Å². The molecule has 150 valence electrons. The first kappa shape index (κ1) is 21.1. The summed E-state index contributed by atoms with van der Waals surface area (Å²) >= 11 is 0. The van der Waals surface area contributed by atoms with E-state index in [-0.39, 0.29) is 17.9 Å². The molecule has 2 aromatic carbocycles. The molecule has 0 aromatic heterocycles. The highest BCUT2D eigenvalue weighted by Gasteiger charge is 2.20. The molecule has 0 saturated heterocycles. The van der Waals surface area contributed by atoms with Crippen molar-refractivity contribution in [3.8, 4) is 11.5 Å². The Hall–Kier alpha value is -3.16. The van der Waals surface area contributed by atoms with Crippen LogP contribution in [0.4, 0.5) is 14.5 Å². The Kier molecular flexibility index (Phi) is 7.74. The van der Waals surface area contributed by atoms with Gasteiger partial charge in [0.05, 0.1) is 12.8 Å². The van der Waals surface area contributed by atoms with Gasteiger partial charge in [-0.15, -0.1) is 0 Å². The van der Waals surface area contributed by atoms with Crippen LogP contribution in [0, 0.1) is 0 Å². The van der Waals surface area contributed by atoms with Gasteiger partial charge in [-0.3, -0.25) is 9.59 Å². The third-order valence-corrected chi connectivity index (χ3v) is 3.82. The fraction of sp³-hybridized carbons (Fsp3) is 0.300. The summed E-state index contributed by atoms with van der Waals surface area (Å²) in [7, 11) is 1.57. The minimum absolute atomic E-state index is 0.0638. The first-order valence-electron chi connectivity index (χ1n) is 8.56. The van der Waals surface area contributed by atoms with Crippen molar-refractivity contribution in [2.75, 3.05) is 12.4 Å². The van der Waals surface area contributed by atoms with Gasteiger partial charge in [-0.1, -0.05) is 24.3 Å². The normalized spacial score (nSPS) is 11.6. The van der Waals surface area contributed by atoms with E-state index in [0.29, 0.717) is 12.2 Å². The number of esters is 1. The lowest BCUT2D eigenvalue weighted by Crippen LogP contribution is -2.30. The van der Waals surface area contributed by atoms with Gasteiger partial charge in [0.15, 0.2) is 6.10 Å². The monoisotopic (exact) mass is 393 g/mol. The van der Waals surface area contributed by atoms with Crippen molar-refractivity contribution >= 4 is 17.6 Å². The van der Waals surface area contributed by atoms with Crippen molar-refractivity contribution in [3.05, 3.63) is 54.1 Å². The van der Waals surface area contributed by atoms with Crippen LogP contribution in [0.2, 0.25) is 0 Å². The van der Waals surface area contributed by atoms with E-state index in [1.165, 1.54) is 25.1 Å². The van der Waals surface area contributed by atoms with Crippen LogP contribution in [0.1, 0.15) is 18.9 Å². The van der Waals surface area contributed by atoms with Gasteiger partial charge < -0.3 is 19.5 Å². The lowest BCUT2D eigenvalue weighted by Gasteiger charge is -2.15. The average molecular weight is 393 g/mol. The summed E-state index contributed by atoms with van der Waals surface area (Å²) in [6, 6.07) is 13.0. The molecular weight excluding hydrogens is 372 g/mol. The zero-order chi connectivity index (χ0) is 20.5. The van der Waals surface area contributed by atoms with Gasteiger partial charge in [-0.2, -0.15) is 8.78 Å². The number of rotatable bonds is 9. The number of nitrogens with one attached hydrogen (secondary N) is 1. The minimum atomic E-state index is -3.02. The number of para-hydroxylation sites is 2. The lowest BCUT2D eigenvalue weighted by atomic mass is 10.1. The molecule has 2 aromatic rings. The highest BCUT2D eigenvalue weighted by Crippen LogP contribution is 2.25. The fourth-order valence-electron chi connectivity index (χ4n) is 2.35. The van der Waals surface area contributed by atoms with Gasteiger partial charge in [-0.25, -0.2) is 0 Å². The molecule has 0 spiro atoms. The molecule has 6 nitrogen and oxygen atoms in total. The Balaban J connectivity index is 1.85. The molecule has 0 aliphatic rings. The number of hydrogen-bond acceptors (Lipinski definition) is 5. The number of alkyl halides is 2. The molecule has 1 amide bonds. The van der Waals surface area contributed by atoms with Crippen molar-refractivity contribution < 1.29 is 32.6 Å². The fourth-order valence-corrected chi connectivity index (χ4v) is 2.35. The molecule has 0 unspecified atom stereocenters. The number of hydrogen-bond donors (Lipinski definition) is 1. The summed E-state index contributed by atoms with van der Waals surface area (Å²) < 4.78 is 39.4. The van der Waals surface area contributed by atoms with E-state index in [1.807, 2.05) is 12.1 Å². The molecule has 8 heteroatoms. The standard InChI is InChI=1S/C20H21F2NO5/c1-13(19(25)23-16-5-3-4-6-17(16)28-20(21)22)27-18(24)12-9-14-7-10-15(26-2)11-8-14/h3-8,10-11,13,20H,9,12H2,1-2H3,(H,23,25)/t13-/m1/s1. The molecule has 2 rings (SSSR count). The highest BCUT2D eigenvalue weighted by atomic mass is 19.3. The summed E-state index contributed by atoms with van der Waals surface area (Å²) in [5.74, 6) is -0.657. The van der Waals surface area contributed by atoms with E-state index >= 15 is 0 Å². The summed E-state index contributed by atoms with van der Waals surface area (Å²) in [6.45, 7) is -1.62. The van der Waals surface area contributed by atoms with Crippen LogP contribution >= 0.6 is 0 Å². The van der Waals surface area contributed by atoms with E-state index < -0.39 is 24.6 Å². The third-order valence-electron chi connectivity index (χ3n) is 3.82. The number of benzene rings is 2. The Bertz CT molecular complexity index is 795. The lowest BCUT2D eigenvalue weighted by molar-refractivity contribution is -0.153. The third kappa shape index (κ3) is 6.53. The number of aryl methyl sites for hydroxylation is 1. The van der Waals surface area contributed by atoms with Crippen LogP contribution in [-0.2, 0) is 20.7 Å². The van der Waals surface area contributed by atoms with Gasteiger partial charge >= 0.3 is 12.6 Å². The first-order valence-corrected chi connectivity index (χ1v) is 8.56. The van der Waals surface area contributed by atoms with Gasteiger partial charge in [-0.05, 0) is 43.2 Å². The molecule has 0 aliphatic carbocycles. The molecule has 0 heterocycles. The average Bonchev–Trinajstić information content (AvgIpc) is 2.67. The maximum atomic E-state index is 12.4. The summed E-state index contributed by atoms with van der Waals surface area (Å²) in [5.41, 5.74) is 0.988. The van der Waals surface area contributed by atoms with E-state index in [4.69, 9.17) is 9.47 Å². The second-order valence-corrected chi connectivity index (χ2v) is 5.84. The largest absolute Gasteiger partial charge is 0.497 e. The summed E-state index contributed by atoms with van der Waals surface area (Å²) in [6.07, 6.45) is -0.556. The Morgan fingerprint density at radius 2 is 1.75 bits per heavy atom. The van der Waals surface area contributed by atoms with Crippen molar-refractivity contribution in [1.29, 1.82) is 0 Å². The van der Waals surface area contributed by atoms with Crippen molar-refractivity contribution in [2.45, 2.75) is 32.5 Å². The molecular formula is C20H21F2NO5. The maximum absolute atomic E-state index is 12.4. The van der Waals surface area contributed by atoms with E-state index in [0.717, 1.165) is 5.56 Å². The number of methoxy groups -OCH3 is 1. The molecule has 0 aliphatic heterocycles. The van der Waals surface area contributed by atoms with Gasteiger partial charge in [0.25, 0.3) is 5.91 Å². The Labute approximate surface area is 161 Å². The number of halogens is 2. The van der Waals surface area contributed by atoms with Gasteiger partial charge in [0, 0.05) is 6.42 Å². The predicted molar refractivity (Wildman–Crippen MR) is 98.6 cm³/mol. The molecule has 28 heavy (non-hydrogen) atoms. The van der Waals surface area contributed by atoms with Gasteiger partial charge in [0.2, 0.25) is 0 Å². The summed E-state index contributed by atoms with van der Waals surface area (Å²) in [5, 5.41) is 2.42. The number of carbonyl (C=O) groups is 2. The molecule has 0 bridgehead atoms. The molecule has 1 atom stereocenters. The highest BCUT2D eigenvalue weighted by molar-refractivity contribution is 5.96. The second kappa shape index (κ2) is 10.2. The van der Waals surface area contributed by atoms with Crippen LogP contribution in [0.25, 0.3) is 0 Å². The SMILES string of the molecule is COc1ccc(CCC(=O)O[C@H](C)C(=O)Nc2ccccc2OC(F)F)cc1. The van der Waals surface area contributed by atoms with E-state index in [9.17, 15) is 18.4 Å². The van der Waals surface area contributed by atoms with Crippen LogP contribution in [0.3, 0.4) is 0 Å². The zero-order valence-electron chi connectivity index (χ0n) is 15.5. The molecule has 0 saturated carbocycles.